The first-order valence-electron chi connectivity index (χ1n) is 12.7. The summed E-state index contributed by atoms with van der Waals surface area (Å²) < 4.78 is 8.59. The third-order valence-corrected chi connectivity index (χ3v) is 6.91. The van der Waals surface area contributed by atoms with E-state index < -0.39 is 0 Å². The Kier molecular flexibility index (Phi) is 5.45. The van der Waals surface area contributed by atoms with Crippen LogP contribution < -0.4 is 4.74 Å². The lowest BCUT2D eigenvalue weighted by Crippen LogP contribution is -1.97. The summed E-state index contributed by atoms with van der Waals surface area (Å²) in [6.07, 6.45) is 1.95. The molecule has 38 heavy (non-hydrogen) atoms. The molecule has 0 radical (unpaired) electrons. The third kappa shape index (κ3) is 4.00. The standard InChI is InChI=1S/C35H24N2O/c1-3-10-25(11-4-1)27-14-9-15-29(22-27)38-30-19-20-32-31-16-7-8-17-33(31)37(34(32)23-30)35-21-18-28(24-36-35)26-12-5-2-6-13-26/h1-24H. The molecule has 7 aromatic rings. The van der Waals surface area contributed by atoms with Gasteiger partial charge in [-0.05, 0) is 59.2 Å². The number of hydrogen-bond donors (Lipinski definition) is 0. The van der Waals surface area contributed by atoms with Crippen LogP contribution >= 0.6 is 0 Å². The number of aromatic nitrogens is 2. The Bertz CT molecular complexity index is 1870. The fourth-order valence-electron chi connectivity index (χ4n) is 5.09. The van der Waals surface area contributed by atoms with Gasteiger partial charge in [0.25, 0.3) is 0 Å². The van der Waals surface area contributed by atoms with Crippen molar-refractivity contribution < 1.29 is 4.74 Å². The Hall–Kier alpha value is -5.15. The second-order valence-corrected chi connectivity index (χ2v) is 9.30. The lowest BCUT2D eigenvalue weighted by atomic mass is 10.1. The molecular weight excluding hydrogens is 464 g/mol. The van der Waals surface area contributed by atoms with E-state index in [1.807, 2.05) is 48.7 Å². The van der Waals surface area contributed by atoms with Gasteiger partial charge in [0.05, 0.1) is 11.0 Å². The van der Waals surface area contributed by atoms with Crippen LogP contribution in [0.4, 0.5) is 0 Å². The van der Waals surface area contributed by atoms with E-state index in [9.17, 15) is 0 Å². The van der Waals surface area contributed by atoms with E-state index >= 15 is 0 Å². The molecule has 0 amide bonds. The van der Waals surface area contributed by atoms with Gasteiger partial charge in [0, 0.05) is 28.6 Å². The summed E-state index contributed by atoms with van der Waals surface area (Å²) in [7, 11) is 0. The highest BCUT2D eigenvalue weighted by Gasteiger charge is 2.14. The highest BCUT2D eigenvalue weighted by molar-refractivity contribution is 6.09. The van der Waals surface area contributed by atoms with Crippen molar-refractivity contribution in [3.05, 3.63) is 146 Å². The van der Waals surface area contributed by atoms with Crippen molar-refractivity contribution in [2.24, 2.45) is 0 Å². The second kappa shape index (κ2) is 9.38. The summed E-state index contributed by atoms with van der Waals surface area (Å²) in [5.74, 6) is 2.46. The van der Waals surface area contributed by atoms with Crippen LogP contribution in [0.5, 0.6) is 11.5 Å². The molecule has 0 aliphatic carbocycles. The van der Waals surface area contributed by atoms with Gasteiger partial charge in [0.2, 0.25) is 0 Å². The van der Waals surface area contributed by atoms with Gasteiger partial charge in [0.15, 0.2) is 0 Å². The van der Waals surface area contributed by atoms with Crippen molar-refractivity contribution in [3.63, 3.8) is 0 Å². The van der Waals surface area contributed by atoms with Crippen molar-refractivity contribution in [1.29, 1.82) is 0 Å². The van der Waals surface area contributed by atoms with Crippen LogP contribution in [0.2, 0.25) is 0 Å². The first-order chi connectivity index (χ1) is 18.8. The maximum atomic E-state index is 6.38. The molecule has 180 valence electrons. The smallest absolute Gasteiger partial charge is 0.137 e. The number of fused-ring (bicyclic) bond motifs is 3. The normalized spacial score (nSPS) is 11.2. The van der Waals surface area contributed by atoms with E-state index in [0.29, 0.717) is 0 Å². The summed E-state index contributed by atoms with van der Waals surface area (Å²) in [5.41, 5.74) is 6.72. The zero-order chi connectivity index (χ0) is 25.3. The molecular formula is C35H24N2O. The summed E-state index contributed by atoms with van der Waals surface area (Å²) in [6, 6.07) is 47.9. The number of benzene rings is 5. The molecule has 3 nitrogen and oxygen atoms in total. The number of hydrogen-bond acceptors (Lipinski definition) is 2. The molecule has 7 rings (SSSR count). The van der Waals surface area contributed by atoms with Gasteiger partial charge in [-0.1, -0.05) is 91.0 Å². The first kappa shape index (κ1) is 22.1. The van der Waals surface area contributed by atoms with Gasteiger partial charge >= 0.3 is 0 Å². The van der Waals surface area contributed by atoms with E-state index in [1.54, 1.807) is 0 Å². The molecule has 0 N–H and O–H groups in total. The zero-order valence-corrected chi connectivity index (χ0v) is 20.7. The quantitative estimate of drug-likeness (QED) is 0.241. The number of para-hydroxylation sites is 1. The number of nitrogens with zero attached hydrogens (tertiary/aromatic N) is 2. The molecule has 5 aromatic carbocycles. The number of ether oxygens (including phenoxy) is 1. The average Bonchev–Trinajstić information content (AvgIpc) is 3.32. The Morgan fingerprint density at radius 3 is 1.87 bits per heavy atom. The molecule has 0 bridgehead atoms. The van der Waals surface area contributed by atoms with E-state index in [-0.39, 0.29) is 0 Å². The van der Waals surface area contributed by atoms with Crippen LogP contribution in [0.1, 0.15) is 0 Å². The van der Waals surface area contributed by atoms with Crippen LogP contribution in [-0.2, 0) is 0 Å². The van der Waals surface area contributed by atoms with Crippen LogP contribution in [-0.4, -0.2) is 9.55 Å². The largest absolute Gasteiger partial charge is 0.457 e. The average molecular weight is 489 g/mol. The van der Waals surface area contributed by atoms with Gasteiger partial charge in [-0.3, -0.25) is 4.57 Å². The monoisotopic (exact) mass is 488 g/mol. The van der Waals surface area contributed by atoms with Crippen molar-refractivity contribution in [2.45, 2.75) is 0 Å². The molecule has 0 aliphatic rings. The summed E-state index contributed by atoms with van der Waals surface area (Å²) >= 11 is 0. The predicted molar refractivity (Wildman–Crippen MR) is 156 cm³/mol. The van der Waals surface area contributed by atoms with E-state index in [1.165, 1.54) is 16.3 Å². The van der Waals surface area contributed by atoms with Gasteiger partial charge < -0.3 is 4.74 Å². The maximum absolute atomic E-state index is 6.38. The van der Waals surface area contributed by atoms with Crippen molar-refractivity contribution >= 4 is 21.8 Å². The molecule has 0 fully saturated rings. The number of pyridine rings is 1. The van der Waals surface area contributed by atoms with Crippen molar-refractivity contribution in [2.75, 3.05) is 0 Å². The fraction of sp³-hybridized carbons (Fsp3) is 0. The lowest BCUT2D eigenvalue weighted by Gasteiger charge is -2.11. The van der Waals surface area contributed by atoms with Gasteiger partial charge in [-0.15, -0.1) is 0 Å². The Morgan fingerprint density at radius 2 is 1.11 bits per heavy atom. The summed E-state index contributed by atoms with van der Waals surface area (Å²) in [6.45, 7) is 0. The molecule has 0 saturated carbocycles. The van der Waals surface area contributed by atoms with Gasteiger partial charge in [-0.25, -0.2) is 4.98 Å². The minimum atomic E-state index is 0.785. The second-order valence-electron chi connectivity index (χ2n) is 9.30. The Balaban J connectivity index is 1.31. The van der Waals surface area contributed by atoms with Gasteiger partial charge in [-0.2, -0.15) is 0 Å². The number of rotatable bonds is 5. The highest BCUT2D eigenvalue weighted by atomic mass is 16.5. The summed E-state index contributed by atoms with van der Waals surface area (Å²) in [4.78, 5) is 4.88. The van der Waals surface area contributed by atoms with E-state index in [2.05, 4.69) is 102 Å². The van der Waals surface area contributed by atoms with Crippen molar-refractivity contribution in [1.82, 2.24) is 9.55 Å². The predicted octanol–water partition coefficient (Wildman–Crippen LogP) is 9.30. The topological polar surface area (TPSA) is 27.1 Å². The van der Waals surface area contributed by atoms with Gasteiger partial charge in [0.1, 0.15) is 17.3 Å². The SMILES string of the molecule is c1ccc(-c2ccc(-n3c4ccccc4c4ccc(Oc5cccc(-c6ccccc6)c5)cc43)nc2)cc1. The highest BCUT2D eigenvalue weighted by Crippen LogP contribution is 2.35. The summed E-state index contributed by atoms with van der Waals surface area (Å²) in [5, 5.41) is 2.36. The molecule has 0 saturated heterocycles. The van der Waals surface area contributed by atoms with Crippen LogP contribution in [0, 0.1) is 0 Å². The third-order valence-electron chi connectivity index (χ3n) is 6.91. The van der Waals surface area contributed by atoms with Crippen LogP contribution in [0.15, 0.2) is 146 Å². The van der Waals surface area contributed by atoms with E-state index in [4.69, 9.17) is 9.72 Å². The Labute approximate surface area is 221 Å². The molecule has 0 unspecified atom stereocenters. The maximum Gasteiger partial charge on any atom is 0.137 e. The van der Waals surface area contributed by atoms with Crippen molar-refractivity contribution in [3.8, 4) is 39.6 Å². The molecule has 0 atom stereocenters. The Morgan fingerprint density at radius 1 is 0.447 bits per heavy atom. The minimum Gasteiger partial charge on any atom is -0.457 e. The lowest BCUT2D eigenvalue weighted by molar-refractivity contribution is 0.483. The van der Waals surface area contributed by atoms with E-state index in [0.717, 1.165) is 45.0 Å². The first-order valence-corrected chi connectivity index (χ1v) is 12.7. The minimum absolute atomic E-state index is 0.785. The fourth-order valence-corrected chi connectivity index (χ4v) is 5.09. The van der Waals surface area contributed by atoms with Crippen LogP contribution in [0.3, 0.4) is 0 Å². The molecule has 2 aromatic heterocycles. The molecule has 0 aliphatic heterocycles. The molecule has 0 spiro atoms. The molecule has 2 heterocycles. The zero-order valence-electron chi connectivity index (χ0n) is 20.7. The molecule has 3 heteroatoms. The van der Waals surface area contributed by atoms with Crippen LogP contribution in [0.25, 0.3) is 49.9 Å².